The van der Waals surface area contributed by atoms with Crippen LogP contribution in [0, 0.1) is 0 Å². The summed E-state index contributed by atoms with van der Waals surface area (Å²) < 4.78 is 0. The van der Waals surface area contributed by atoms with Crippen LogP contribution in [-0.4, -0.2) is 21.8 Å². The molecule has 2 N–H and O–H groups in total. The van der Waals surface area contributed by atoms with Crippen LogP contribution in [0.25, 0.3) is 21.5 Å². The third-order valence-electron chi connectivity index (χ3n) is 5.39. The Morgan fingerprint density at radius 2 is 1.04 bits per heavy atom. The van der Waals surface area contributed by atoms with Crippen molar-refractivity contribution in [3.8, 4) is 11.5 Å². The van der Waals surface area contributed by atoms with E-state index in [9.17, 15) is 19.8 Å². The lowest BCUT2D eigenvalue weighted by Crippen LogP contribution is -2.17. The molecule has 0 aliphatic heterocycles. The summed E-state index contributed by atoms with van der Waals surface area (Å²) in [5, 5.41) is 23.8. The Morgan fingerprint density at radius 3 is 1.46 bits per heavy atom. The van der Waals surface area contributed by atoms with Crippen molar-refractivity contribution in [1.29, 1.82) is 0 Å². The molecule has 24 heavy (non-hydrogen) atoms. The largest absolute Gasteiger partial charge is 0.507 e. The zero-order valence-corrected chi connectivity index (χ0v) is 12.8. The molecule has 3 aromatic carbocycles. The highest BCUT2D eigenvalue weighted by Gasteiger charge is 2.31. The molecule has 118 valence electrons. The molecular weight excluding hydrogens is 304 g/mol. The van der Waals surface area contributed by atoms with E-state index in [1.807, 2.05) is 0 Å². The summed E-state index contributed by atoms with van der Waals surface area (Å²) in [6.45, 7) is 0. The van der Waals surface area contributed by atoms with Crippen molar-refractivity contribution in [3.05, 3.63) is 46.5 Å². The molecule has 0 atom stereocenters. The van der Waals surface area contributed by atoms with Crippen molar-refractivity contribution in [3.63, 3.8) is 0 Å². The average Bonchev–Trinajstić information content (AvgIpc) is 2.57. The third-order valence-corrected chi connectivity index (χ3v) is 5.39. The first-order valence-electron chi connectivity index (χ1n) is 8.09. The fraction of sp³-hybridized carbons (Fsp3) is 0.200. The minimum absolute atomic E-state index is 0.0193. The lowest BCUT2D eigenvalue weighted by atomic mass is 9.76. The highest BCUT2D eigenvalue weighted by atomic mass is 16.3. The molecule has 0 unspecified atom stereocenters. The van der Waals surface area contributed by atoms with Gasteiger partial charge in [-0.15, -0.1) is 0 Å². The Morgan fingerprint density at radius 1 is 0.625 bits per heavy atom. The second kappa shape index (κ2) is 4.35. The Kier molecular flexibility index (Phi) is 2.46. The normalized spacial score (nSPS) is 16.2. The van der Waals surface area contributed by atoms with Crippen molar-refractivity contribution in [2.24, 2.45) is 0 Å². The average molecular weight is 318 g/mol. The first-order chi connectivity index (χ1) is 11.6. The number of hydrogen-bond acceptors (Lipinski definition) is 4. The van der Waals surface area contributed by atoms with Gasteiger partial charge in [0.2, 0.25) is 0 Å². The molecule has 0 spiro atoms. The second-order valence-electron chi connectivity index (χ2n) is 6.57. The number of carbonyl (C=O) groups is 2. The number of rotatable bonds is 0. The number of phenols is 2. The molecule has 0 aromatic heterocycles. The second-order valence-corrected chi connectivity index (χ2v) is 6.57. The minimum atomic E-state index is -0.0389. The summed E-state index contributed by atoms with van der Waals surface area (Å²) in [5.74, 6) is -0.0390. The number of ketones is 2. The lowest BCUT2D eigenvalue weighted by Gasteiger charge is -2.26. The number of hydrogen-bond donors (Lipinski definition) is 2. The minimum Gasteiger partial charge on any atom is -0.507 e. The van der Waals surface area contributed by atoms with E-state index < -0.39 is 0 Å². The predicted octanol–water partition coefficient (Wildman–Crippen LogP) is 3.66. The number of carbonyl (C=O) groups excluding carboxylic acids is 2. The number of benzene rings is 3. The van der Waals surface area contributed by atoms with E-state index >= 15 is 0 Å². The molecule has 0 radical (unpaired) electrons. The van der Waals surface area contributed by atoms with Crippen LogP contribution in [0.1, 0.15) is 44.7 Å². The Bertz CT molecular complexity index is 1020. The summed E-state index contributed by atoms with van der Waals surface area (Å²) >= 11 is 0. The maximum atomic E-state index is 12.4. The van der Waals surface area contributed by atoms with Crippen molar-refractivity contribution >= 4 is 33.1 Å². The van der Waals surface area contributed by atoms with Crippen LogP contribution in [0.15, 0.2) is 24.3 Å². The third kappa shape index (κ3) is 1.48. The Labute approximate surface area is 137 Å². The topological polar surface area (TPSA) is 74.6 Å². The summed E-state index contributed by atoms with van der Waals surface area (Å²) in [6.07, 6.45) is 1.95. The molecule has 2 aliphatic carbocycles. The highest BCUT2D eigenvalue weighted by Crippen LogP contribution is 2.46. The summed E-state index contributed by atoms with van der Waals surface area (Å²) in [5.41, 5.74) is 2.89. The van der Waals surface area contributed by atoms with Gasteiger partial charge in [0.1, 0.15) is 11.5 Å². The first-order valence-corrected chi connectivity index (χ1v) is 8.09. The van der Waals surface area contributed by atoms with Gasteiger partial charge < -0.3 is 10.2 Å². The maximum Gasteiger partial charge on any atom is 0.167 e. The summed E-state index contributed by atoms with van der Waals surface area (Å²) in [7, 11) is 0. The quantitative estimate of drug-likeness (QED) is 0.620. The van der Waals surface area contributed by atoms with Gasteiger partial charge in [-0.2, -0.15) is 0 Å². The summed E-state index contributed by atoms with van der Waals surface area (Å²) in [6, 6.07) is 6.69. The molecule has 4 heteroatoms. The number of aryl methyl sites for hydroxylation is 2. The van der Waals surface area contributed by atoms with Crippen LogP contribution in [-0.2, 0) is 12.8 Å². The van der Waals surface area contributed by atoms with Gasteiger partial charge in [-0.1, -0.05) is 12.1 Å². The fourth-order valence-electron chi connectivity index (χ4n) is 4.40. The van der Waals surface area contributed by atoms with Crippen molar-refractivity contribution < 1.29 is 19.8 Å². The van der Waals surface area contributed by atoms with Gasteiger partial charge in [0.15, 0.2) is 11.6 Å². The molecule has 3 aromatic rings. The maximum absolute atomic E-state index is 12.4. The summed E-state index contributed by atoms with van der Waals surface area (Å²) in [4.78, 5) is 24.7. The van der Waals surface area contributed by atoms with Crippen molar-refractivity contribution in [1.82, 2.24) is 0 Å². The molecule has 0 bridgehead atoms. The highest BCUT2D eigenvalue weighted by molar-refractivity contribution is 6.25. The first kappa shape index (κ1) is 13.5. The zero-order chi connectivity index (χ0) is 16.6. The smallest absolute Gasteiger partial charge is 0.167 e. The van der Waals surface area contributed by atoms with Gasteiger partial charge in [0.05, 0.1) is 11.1 Å². The SMILES string of the molecule is O=C1CCc2c3c4c(c(O)ccc4c4ccc(O)c1c24)C(=O)CC3. The predicted molar refractivity (Wildman–Crippen MR) is 90.1 cm³/mol. The van der Waals surface area contributed by atoms with Crippen LogP contribution in [0.4, 0.5) is 0 Å². The number of aromatic hydroxyl groups is 2. The van der Waals surface area contributed by atoms with Gasteiger partial charge in [-0.25, -0.2) is 0 Å². The molecule has 0 fully saturated rings. The zero-order valence-electron chi connectivity index (χ0n) is 12.8. The Hall–Kier alpha value is -2.88. The van der Waals surface area contributed by atoms with Gasteiger partial charge in [-0.3, -0.25) is 9.59 Å². The number of fused-ring (bicyclic) bond motifs is 2. The van der Waals surface area contributed by atoms with E-state index in [0.717, 1.165) is 32.7 Å². The van der Waals surface area contributed by atoms with E-state index in [1.165, 1.54) is 0 Å². The van der Waals surface area contributed by atoms with Gasteiger partial charge >= 0.3 is 0 Å². The number of phenolic OH excluding ortho intramolecular Hbond substituents is 2. The molecule has 0 amide bonds. The van der Waals surface area contributed by atoms with E-state index in [2.05, 4.69) is 0 Å². The number of Topliss-reactive ketones (excluding diaryl/α,β-unsaturated/α-hetero) is 2. The van der Waals surface area contributed by atoms with Gasteiger partial charge in [-0.05, 0) is 46.9 Å². The molecular formula is C20H14O4. The fourth-order valence-corrected chi connectivity index (χ4v) is 4.40. The molecule has 2 aliphatic rings. The lowest BCUT2D eigenvalue weighted by molar-refractivity contribution is 0.0968. The van der Waals surface area contributed by atoms with Gasteiger partial charge in [0.25, 0.3) is 0 Å². The van der Waals surface area contributed by atoms with E-state index in [1.54, 1.807) is 24.3 Å². The molecule has 0 saturated carbocycles. The van der Waals surface area contributed by atoms with Crippen LogP contribution in [0.5, 0.6) is 11.5 Å². The van der Waals surface area contributed by atoms with Crippen LogP contribution >= 0.6 is 0 Å². The molecule has 5 rings (SSSR count). The van der Waals surface area contributed by atoms with Gasteiger partial charge in [0, 0.05) is 23.6 Å². The van der Waals surface area contributed by atoms with E-state index in [4.69, 9.17) is 0 Å². The van der Waals surface area contributed by atoms with E-state index in [0.29, 0.717) is 36.8 Å². The Balaban J connectivity index is 2.12. The van der Waals surface area contributed by atoms with Crippen molar-refractivity contribution in [2.45, 2.75) is 25.7 Å². The van der Waals surface area contributed by atoms with E-state index in [-0.39, 0.29) is 23.1 Å². The van der Waals surface area contributed by atoms with Crippen molar-refractivity contribution in [2.75, 3.05) is 0 Å². The molecule has 4 nitrogen and oxygen atoms in total. The monoisotopic (exact) mass is 318 g/mol. The standard InChI is InChI=1S/C20H14O4/c21-13-5-1-9-10-2-6-15(23)20-16(24)8-4-12(18(10)20)11-3-7-14(22)19(13)17(9)11/h1-2,5-6,21,23H,3-4,7-8H2. The van der Waals surface area contributed by atoms with Crippen LogP contribution < -0.4 is 0 Å². The molecule has 0 saturated heterocycles. The molecule has 0 heterocycles. The van der Waals surface area contributed by atoms with Crippen LogP contribution in [0.2, 0.25) is 0 Å². The van der Waals surface area contributed by atoms with Crippen LogP contribution in [0.3, 0.4) is 0 Å².